The minimum Gasteiger partial charge on any atom is -0.379 e. The van der Waals surface area contributed by atoms with Crippen molar-refractivity contribution in [3.8, 4) is 0 Å². The highest BCUT2D eigenvalue weighted by Crippen LogP contribution is 2.39. The van der Waals surface area contributed by atoms with Crippen molar-refractivity contribution in [2.75, 3.05) is 26.7 Å². The van der Waals surface area contributed by atoms with Crippen molar-refractivity contribution in [1.82, 2.24) is 10.2 Å². The van der Waals surface area contributed by atoms with Gasteiger partial charge in [-0.2, -0.15) is 0 Å². The molecule has 2 unspecified atom stereocenters. The molecule has 0 aromatic carbocycles. The second kappa shape index (κ2) is 5.34. The Hall–Kier alpha value is -0.120. The summed E-state index contributed by atoms with van der Waals surface area (Å²) in [5.74, 6) is 1.94. The van der Waals surface area contributed by atoms with Crippen LogP contribution in [0.4, 0.5) is 0 Å². The van der Waals surface area contributed by atoms with Crippen molar-refractivity contribution >= 4 is 0 Å². The summed E-state index contributed by atoms with van der Waals surface area (Å²) in [6.07, 6.45) is 6.94. The third-order valence-corrected chi connectivity index (χ3v) is 5.40. The summed E-state index contributed by atoms with van der Waals surface area (Å²) in [6.45, 7) is 8.11. The molecule has 3 fully saturated rings. The third-order valence-electron chi connectivity index (χ3n) is 5.40. The molecule has 2 saturated carbocycles. The molecule has 3 nitrogen and oxygen atoms in total. The zero-order chi connectivity index (χ0) is 13.5. The van der Waals surface area contributed by atoms with Crippen LogP contribution < -0.4 is 5.32 Å². The molecular weight excluding hydrogens is 236 g/mol. The topological polar surface area (TPSA) is 24.5 Å². The fraction of sp³-hybridized carbons (Fsp3) is 1.00. The SMILES string of the molecule is COC(C)(C)CCN1CC(C2CC2)NCC1C1CC1. The fourth-order valence-corrected chi connectivity index (χ4v) is 3.39. The molecule has 19 heavy (non-hydrogen) atoms. The molecule has 110 valence electrons. The Labute approximate surface area is 118 Å². The largest absolute Gasteiger partial charge is 0.379 e. The lowest BCUT2D eigenvalue weighted by Crippen LogP contribution is -2.58. The summed E-state index contributed by atoms with van der Waals surface area (Å²) < 4.78 is 5.58. The normalized spacial score (nSPS) is 33.6. The van der Waals surface area contributed by atoms with Gasteiger partial charge in [0.1, 0.15) is 0 Å². The average molecular weight is 266 g/mol. The molecule has 0 aromatic heterocycles. The lowest BCUT2D eigenvalue weighted by Gasteiger charge is -2.42. The summed E-state index contributed by atoms with van der Waals surface area (Å²) in [4.78, 5) is 2.78. The van der Waals surface area contributed by atoms with Crippen LogP contribution in [0.25, 0.3) is 0 Å². The highest BCUT2D eigenvalue weighted by atomic mass is 16.5. The molecule has 0 aromatic rings. The van der Waals surface area contributed by atoms with Gasteiger partial charge in [-0.1, -0.05) is 0 Å². The zero-order valence-electron chi connectivity index (χ0n) is 12.8. The summed E-state index contributed by atoms with van der Waals surface area (Å²) in [7, 11) is 1.84. The quantitative estimate of drug-likeness (QED) is 0.798. The van der Waals surface area contributed by atoms with E-state index in [1.807, 2.05) is 7.11 Å². The van der Waals surface area contributed by atoms with E-state index in [9.17, 15) is 0 Å². The third kappa shape index (κ3) is 3.50. The Morgan fingerprint density at radius 3 is 2.42 bits per heavy atom. The molecule has 0 spiro atoms. The van der Waals surface area contributed by atoms with Crippen LogP contribution in [-0.4, -0.2) is 49.3 Å². The highest BCUT2D eigenvalue weighted by molar-refractivity contribution is 4.99. The van der Waals surface area contributed by atoms with E-state index in [0.29, 0.717) is 0 Å². The number of methoxy groups -OCH3 is 1. The van der Waals surface area contributed by atoms with Crippen LogP contribution in [0.1, 0.15) is 46.0 Å². The Balaban J connectivity index is 1.56. The van der Waals surface area contributed by atoms with Gasteiger partial charge in [-0.25, -0.2) is 0 Å². The van der Waals surface area contributed by atoms with Gasteiger partial charge in [0, 0.05) is 38.8 Å². The van der Waals surface area contributed by atoms with Gasteiger partial charge in [-0.3, -0.25) is 4.90 Å². The highest BCUT2D eigenvalue weighted by Gasteiger charge is 2.42. The molecule has 1 aliphatic heterocycles. The molecule has 2 aliphatic carbocycles. The smallest absolute Gasteiger partial charge is 0.0634 e. The van der Waals surface area contributed by atoms with E-state index in [-0.39, 0.29) is 5.60 Å². The van der Waals surface area contributed by atoms with Crippen molar-refractivity contribution in [2.24, 2.45) is 11.8 Å². The lowest BCUT2D eigenvalue weighted by molar-refractivity contribution is -0.00245. The number of nitrogens with one attached hydrogen (secondary N) is 1. The van der Waals surface area contributed by atoms with Gasteiger partial charge >= 0.3 is 0 Å². The van der Waals surface area contributed by atoms with Crippen molar-refractivity contribution in [3.63, 3.8) is 0 Å². The first kappa shape index (κ1) is 13.8. The first-order chi connectivity index (χ1) is 9.09. The molecule has 1 N–H and O–H groups in total. The maximum atomic E-state index is 5.58. The molecule has 0 amide bonds. The molecule has 0 radical (unpaired) electrons. The molecule has 1 saturated heterocycles. The minimum atomic E-state index is 0.0219. The molecule has 0 bridgehead atoms. The number of hydrogen-bond acceptors (Lipinski definition) is 3. The average Bonchev–Trinajstić information content (AvgIpc) is 3.29. The maximum absolute atomic E-state index is 5.58. The van der Waals surface area contributed by atoms with Gasteiger partial charge in [-0.05, 0) is 57.8 Å². The van der Waals surface area contributed by atoms with Gasteiger partial charge in [0.2, 0.25) is 0 Å². The predicted octanol–water partition coefficient (Wildman–Crippen LogP) is 2.26. The molecule has 3 heteroatoms. The van der Waals surface area contributed by atoms with E-state index in [0.717, 1.165) is 30.3 Å². The van der Waals surface area contributed by atoms with Gasteiger partial charge < -0.3 is 10.1 Å². The first-order valence-corrected chi connectivity index (χ1v) is 8.11. The molecule has 1 heterocycles. The lowest BCUT2D eigenvalue weighted by atomic mass is 9.99. The molecule has 3 aliphatic rings. The van der Waals surface area contributed by atoms with Crippen LogP contribution in [0.2, 0.25) is 0 Å². The predicted molar refractivity (Wildman–Crippen MR) is 78.3 cm³/mol. The number of piperazine rings is 1. The number of ether oxygens (including phenoxy) is 1. The summed E-state index contributed by atoms with van der Waals surface area (Å²) in [5.41, 5.74) is 0.0219. The standard InChI is InChI=1S/C16H30N2O/c1-16(2,19-3)8-9-18-11-14(12-4-5-12)17-10-15(18)13-6-7-13/h12-15,17H,4-11H2,1-3H3. The molecule has 3 rings (SSSR count). The minimum absolute atomic E-state index is 0.0219. The summed E-state index contributed by atoms with van der Waals surface area (Å²) in [5, 5.41) is 3.82. The summed E-state index contributed by atoms with van der Waals surface area (Å²) >= 11 is 0. The van der Waals surface area contributed by atoms with E-state index in [4.69, 9.17) is 4.74 Å². The van der Waals surface area contributed by atoms with Crippen LogP contribution in [0.5, 0.6) is 0 Å². The second-order valence-electron chi connectivity index (χ2n) is 7.47. The van der Waals surface area contributed by atoms with Crippen molar-refractivity contribution in [2.45, 2.75) is 63.6 Å². The number of nitrogens with zero attached hydrogens (tertiary/aromatic N) is 1. The van der Waals surface area contributed by atoms with Crippen LogP contribution in [0.3, 0.4) is 0 Å². The van der Waals surface area contributed by atoms with E-state index >= 15 is 0 Å². The van der Waals surface area contributed by atoms with Gasteiger partial charge in [0.05, 0.1) is 5.60 Å². The number of rotatable bonds is 6. The first-order valence-electron chi connectivity index (χ1n) is 8.11. The van der Waals surface area contributed by atoms with Gasteiger partial charge in [0.25, 0.3) is 0 Å². The van der Waals surface area contributed by atoms with Crippen molar-refractivity contribution in [3.05, 3.63) is 0 Å². The van der Waals surface area contributed by atoms with E-state index in [1.54, 1.807) is 0 Å². The monoisotopic (exact) mass is 266 g/mol. The van der Waals surface area contributed by atoms with E-state index in [1.165, 1.54) is 45.3 Å². The Morgan fingerprint density at radius 2 is 1.84 bits per heavy atom. The van der Waals surface area contributed by atoms with E-state index in [2.05, 4.69) is 24.1 Å². The number of hydrogen-bond donors (Lipinski definition) is 1. The molecular formula is C16H30N2O. The van der Waals surface area contributed by atoms with Gasteiger partial charge in [0.15, 0.2) is 0 Å². The Kier molecular flexibility index (Phi) is 3.89. The van der Waals surface area contributed by atoms with Crippen molar-refractivity contribution in [1.29, 1.82) is 0 Å². The Morgan fingerprint density at radius 1 is 1.16 bits per heavy atom. The maximum Gasteiger partial charge on any atom is 0.0634 e. The van der Waals surface area contributed by atoms with Crippen LogP contribution in [0.15, 0.2) is 0 Å². The summed E-state index contributed by atoms with van der Waals surface area (Å²) in [6, 6.07) is 1.56. The van der Waals surface area contributed by atoms with E-state index < -0.39 is 0 Å². The zero-order valence-corrected chi connectivity index (χ0v) is 12.8. The van der Waals surface area contributed by atoms with Crippen LogP contribution >= 0.6 is 0 Å². The fourth-order valence-electron chi connectivity index (χ4n) is 3.39. The van der Waals surface area contributed by atoms with Crippen LogP contribution in [-0.2, 0) is 4.74 Å². The Bertz CT molecular complexity index is 310. The second-order valence-corrected chi connectivity index (χ2v) is 7.47. The van der Waals surface area contributed by atoms with Crippen LogP contribution in [0, 0.1) is 11.8 Å². The van der Waals surface area contributed by atoms with Crippen molar-refractivity contribution < 1.29 is 4.74 Å². The van der Waals surface area contributed by atoms with Gasteiger partial charge in [-0.15, -0.1) is 0 Å². The molecule has 2 atom stereocenters.